The zero-order chi connectivity index (χ0) is 18.9. The first-order valence-electron chi connectivity index (χ1n) is 9.83. The largest absolute Gasteiger partial charge is 0.487 e. The Hall–Kier alpha value is -2.40. The monoisotopic (exact) mass is 367 g/mol. The molecule has 1 aromatic heterocycles. The smallest absolute Gasteiger partial charge is 0.220 e. The van der Waals surface area contributed by atoms with Crippen molar-refractivity contribution in [1.82, 2.24) is 15.6 Å². The van der Waals surface area contributed by atoms with Crippen molar-refractivity contribution in [2.45, 2.75) is 45.3 Å². The van der Waals surface area contributed by atoms with Crippen molar-refractivity contribution < 1.29 is 9.53 Å². The third-order valence-corrected chi connectivity index (χ3v) is 5.09. The van der Waals surface area contributed by atoms with Crippen molar-refractivity contribution in [3.05, 3.63) is 59.9 Å². The summed E-state index contributed by atoms with van der Waals surface area (Å²) in [5.41, 5.74) is 1.94. The molecule has 1 atom stereocenters. The molecule has 2 heterocycles. The average molecular weight is 367 g/mol. The minimum absolute atomic E-state index is 0.0380. The van der Waals surface area contributed by atoms with Gasteiger partial charge in [0.1, 0.15) is 12.4 Å². The van der Waals surface area contributed by atoms with Crippen molar-refractivity contribution in [2.75, 3.05) is 13.1 Å². The number of carbonyl (C=O) groups is 1. The molecular formula is C22H29N3O2. The lowest BCUT2D eigenvalue weighted by molar-refractivity contribution is -0.122. The van der Waals surface area contributed by atoms with E-state index in [0.717, 1.165) is 36.5 Å². The molecule has 27 heavy (non-hydrogen) atoms. The molecule has 1 aliphatic heterocycles. The van der Waals surface area contributed by atoms with Gasteiger partial charge in [-0.3, -0.25) is 9.78 Å². The van der Waals surface area contributed by atoms with Crippen LogP contribution in [0.15, 0.2) is 48.7 Å². The molecule has 0 bridgehead atoms. The third-order valence-electron chi connectivity index (χ3n) is 5.09. The van der Waals surface area contributed by atoms with Gasteiger partial charge in [-0.2, -0.15) is 0 Å². The molecule has 3 rings (SSSR count). The molecule has 0 saturated carbocycles. The van der Waals surface area contributed by atoms with Crippen LogP contribution in [0.4, 0.5) is 0 Å². The second kappa shape index (κ2) is 10.1. The molecule has 0 radical (unpaired) electrons. The van der Waals surface area contributed by atoms with E-state index in [2.05, 4.69) is 15.6 Å². The van der Waals surface area contributed by atoms with Crippen molar-refractivity contribution in [3.63, 3.8) is 0 Å². The molecule has 2 aromatic rings. The summed E-state index contributed by atoms with van der Waals surface area (Å²) < 4.78 is 5.83. The lowest BCUT2D eigenvalue weighted by atomic mass is 9.93. The number of aromatic nitrogens is 1. The Kier molecular flexibility index (Phi) is 7.22. The number of benzene rings is 1. The zero-order valence-electron chi connectivity index (χ0n) is 16.0. The van der Waals surface area contributed by atoms with Gasteiger partial charge >= 0.3 is 0 Å². The normalized spacial score (nSPS) is 15.9. The summed E-state index contributed by atoms with van der Waals surface area (Å²) in [6.45, 7) is 4.60. The number of nitrogens with one attached hydrogen (secondary N) is 2. The average Bonchev–Trinajstić information content (AvgIpc) is 2.72. The van der Waals surface area contributed by atoms with Crippen molar-refractivity contribution in [1.29, 1.82) is 0 Å². The maximum atomic E-state index is 12.3. The van der Waals surface area contributed by atoms with Crippen LogP contribution in [-0.4, -0.2) is 24.0 Å². The fourth-order valence-corrected chi connectivity index (χ4v) is 3.42. The molecule has 1 aromatic carbocycles. The molecule has 5 nitrogen and oxygen atoms in total. The van der Waals surface area contributed by atoms with Crippen LogP contribution in [0.1, 0.15) is 49.9 Å². The predicted molar refractivity (Wildman–Crippen MR) is 106 cm³/mol. The van der Waals surface area contributed by atoms with Gasteiger partial charge in [0, 0.05) is 12.6 Å². The fraction of sp³-hybridized carbons (Fsp3) is 0.455. The Labute approximate surface area is 161 Å². The maximum Gasteiger partial charge on any atom is 0.220 e. The highest BCUT2D eigenvalue weighted by molar-refractivity contribution is 5.76. The molecule has 0 spiro atoms. The van der Waals surface area contributed by atoms with E-state index >= 15 is 0 Å². The van der Waals surface area contributed by atoms with Crippen LogP contribution >= 0.6 is 0 Å². The minimum atomic E-state index is -0.0380. The van der Waals surface area contributed by atoms with Gasteiger partial charge in [0.25, 0.3) is 0 Å². The zero-order valence-corrected chi connectivity index (χ0v) is 16.0. The van der Waals surface area contributed by atoms with Crippen LogP contribution in [-0.2, 0) is 11.4 Å². The summed E-state index contributed by atoms with van der Waals surface area (Å²) in [5.74, 6) is 1.59. The van der Waals surface area contributed by atoms with Gasteiger partial charge < -0.3 is 15.4 Å². The van der Waals surface area contributed by atoms with Crippen LogP contribution in [0.2, 0.25) is 0 Å². The molecule has 1 saturated heterocycles. The Morgan fingerprint density at radius 2 is 2.11 bits per heavy atom. The predicted octanol–water partition coefficient (Wildman–Crippen LogP) is 3.62. The van der Waals surface area contributed by atoms with E-state index in [1.54, 1.807) is 6.20 Å². The number of pyridine rings is 1. The number of nitrogens with zero attached hydrogens (tertiary/aromatic N) is 1. The number of hydrogen-bond donors (Lipinski definition) is 2. The van der Waals surface area contributed by atoms with Gasteiger partial charge in [-0.1, -0.05) is 18.2 Å². The summed E-state index contributed by atoms with van der Waals surface area (Å²) in [6, 6.07) is 13.6. The SMILES string of the molecule is CC(NC(=O)CCC1CCNCC1)c1cccc(OCc2ccccn2)c1. The van der Waals surface area contributed by atoms with Crippen LogP contribution < -0.4 is 15.4 Å². The molecule has 144 valence electrons. The number of carbonyl (C=O) groups excluding carboxylic acids is 1. The molecule has 1 aliphatic rings. The van der Waals surface area contributed by atoms with Gasteiger partial charge in [0.2, 0.25) is 5.91 Å². The number of hydrogen-bond acceptors (Lipinski definition) is 4. The highest BCUT2D eigenvalue weighted by Gasteiger charge is 2.16. The van der Waals surface area contributed by atoms with Crippen LogP contribution in [0.25, 0.3) is 0 Å². The van der Waals surface area contributed by atoms with Gasteiger partial charge in [-0.15, -0.1) is 0 Å². The number of rotatable bonds is 8. The van der Waals surface area contributed by atoms with Gasteiger partial charge in [-0.05, 0) is 75.0 Å². The van der Waals surface area contributed by atoms with E-state index in [0.29, 0.717) is 18.9 Å². The number of piperidine rings is 1. The van der Waals surface area contributed by atoms with E-state index in [-0.39, 0.29) is 11.9 Å². The molecule has 0 aliphatic carbocycles. The highest BCUT2D eigenvalue weighted by atomic mass is 16.5. The maximum absolute atomic E-state index is 12.3. The molecule has 2 N–H and O–H groups in total. The first kappa shape index (κ1) is 19.4. The lowest BCUT2D eigenvalue weighted by Gasteiger charge is -2.22. The van der Waals surface area contributed by atoms with Crippen LogP contribution in [0.3, 0.4) is 0 Å². The number of ether oxygens (including phenoxy) is 1. The standard InChI is InChI=1S/C22H29N3O2/c1-17(25-22(26)9-8-18-10-13-23-14-11-18)19-5-4-7-21(15-19)27-16-20-6-2-3-12-24-20/h2-7,12,15,17-18,23H,8-11,13-14,16H2,1H3,(H,25,26). The van der Waals surface area contributed by atoms with Gasteiger partial charge in [0.05, 0.1) is 11.7 Å². The van der Waals surface area contributed by atoms with Crippen LogP contribution in [0, 0.1) is 5.92 Å². The molecular weight excluding hydrogens is 338 g/mol. The first-order chi connectivity index (χ1) is 13.2. The minimum Gasteiger partial charge on any atom is -0.487 e. The third kappa shape index (κ3) is 6.36. The molecule has 1 fully saturated rings. The second-order valence-corrected chi connectivity index (χ2v) is 7.20. The van der Waals surface area contributed by atoms with E-state index in [1.807, 2.05) is 49.4 Å². The summed E-state index contributed by atoms with van der Waals surface area (Å²) >= 11 is 0. The summed E-state index contributed by atoms with van der Waals surface area (Å²) in [7, 11) is 0. The molecule has 1 unspecified atom stereocenters. The van der Waals surface area contributed by atoms with E-state index in [4.69, 9.17) is 4.74 Å². The van der Waals surface area contributed by atoms with Crippen LogP contribution in [0.5, 0.6) is 5.75 Å². The fourth-order valence-electron chi connectivity index (χ4n) is 3.42. The summed E-state index contributed by atoms with van der Waals surface area (Å²) in [5, 5.41) is 6.48. The Balaban J connectivity index is 1.47. The van der Waals surface area contributed by atoms with Crippen molar-refractivity contribution >= 4 is 5.91 Å². The highest BCUT2D eigenvalue weighted by Crippen LogP contribution is 2.21. The van der Waals surface area contributed by atoms with Gasteiger partial charge in [0.15, 0.2) is 0 Å². The quantitative estimate of drug-likeness (QED) is 0.748. The van der Waals surface area contributed by atoms with E-state index in [9.17, 15) is 4.79 Å². The Bertz CT molecular complexity index is 715. The van der Waals surface area contributed by atoms with Gasteiger partial charge in [-0.25, -0.2) is 0 Å². The van der Waals surface area contributed by atoms with Crippen molar-refractivity contribution in [3.8, 4) is 5.75 Å². The first-order valence-corrected chi connectivity index (χ1v) is 9.83. The summed E-state index contributed by atoms with van der Waals surface area (Å²) in [4.78, 5) is 16.6. The second-order valence-electron chi connectivity index (χ2n) is 7.20. The lowest BCUT2D eigenvalue weighted by Crippen LogP contribution is -2.30. The molecule has 5 heteroatoms. The summed E-state index contributed by atoms with van der Waals surface area (Å²) in [6.07, 6.45) is 5.70. The van der Waals surface area contributed by atoms with E-state index < -0.39 is 0 Å². The molecule has 1 amide bonds. The van der Waals surface area contributed by atoms with E-state index in [1.165, 1.54) is 12.8 Å². The van der Waals surface area contributed by atoms with Crippen molar-refractivity contribution in [2.24, 2.45) is 5.92 Å². The number of amides is 1. The Morgan fingerprint density at radius 3 is 2.89 bits per heavy atom. The Morgan fingerprint density at radius 1 is 1.26 bits per heavy atom. The topological polar surface area (TPSA) is 63.2 Å².